The van der Waals surface area contributed by atoms with Crippen LogP contribution < -0.4 is 21.3 Å². The summed E-state index contributed by atoms with van der Waals surface area (Å²) in [4.78, 5) is 48.6. The van der Waals surface area contributed by atoms with Crippen LogP contribution in [0.1, 0.15) is 28.4 Å². The van der Waals surface area contributed by atoms with E-state index in [1.54, 1.807) is 18.3 Å². The van der Waals surface area contributed by atoms with Crippen molar-refractivity contribution in [2.24, 2.45) is 0 Å². The molecule has 9 nitrogen and oxygen atoms in total. The van der Waals surface area contributed by atoms with Crippen LogP contribution in [0, 0.1) is 0 Å². The molecule has 4 rings (SSSR count). The molecular formula is C21H19N5O4S. The van der Waals surface area contributed by atoms with Gasteiger partial charge in [0, 0.05) is 23.7 Å². The Kier molecular flexibility index (Phi) is 5.89. The molecule has 0 bridgehead atoms. The average molecular weight is 437 g/mol. The molecule has 1 unspecified atom stereocenters. The number of nitrogens with zero attached hydrogens (tertiary/aromatic N) is 1. The van der Waals surface area contributed by atoms with Crippen molar-refractivity contribution in [3.05, 3.63) is 65.9 Å². The number of hydrogen-bond donors (Lipinski definition) is 4. The first kappa shape index (κ1) is 20.5. The van der Waals surface area contributed by atoms with Crippen LogP contribution in [-0.4, -0.2) is 40.7 Å². The van der Waals surface area contributed by atoms with Crippen LogP contribution >= 0.6 is 11.5 Å². The van der Waals surface area contributed by atoms with E-state index >= 15 is 0 Å². The molecular weight excluding hydrogens is 418 g/mol. The van der Waals surface area contributed by atoms with Crippen LogP contribution in [0.2, 0.25) is 0 Å². The lowest BCUT2D eigenvalue weighted by molar-refractivity contribution is -0.129. The van der Waals surface area contributed by atoms with Crippen molar-refractivity contribution in [3.63, 3.8) is 0 Å². The Bertz CT molecular complexity index is 1130. The monoisotopic (exact) mass is 437 g/mol. The summed E-state index contributed by atoms with van der Waals surface area (Å²) in [5.41, 5.74) is 1.28. The summed E-state index contributed by atoms with van der Waals surface area (Å²) < 4.78 is 5.04. The second-order valence-electron chi connectivity index (χ2n) is 7.00. The third kappa shape index (κ3) is 4.69. The molecule has 3 aromatic rings. The van der Waals surface area contributed by atoms with Gasteiger partial charge in [-0.2, -0.15) is 4.37 Å². The van der Waals surface area contributed by atoms with E-state index in [0.717, 1.165) is 15.6 Å². The molecule has 4 N–H and O–H groups in total. The molecule has 1 aliphatic rings. The molecule has 1 aromatic heterocycles. The van der Waals surface area contributed by atoms with Crippen LogP contribution in [0.25, 0.3) is 10.1 Å². The van der Waals surface area contributed by atoms with Gasteiger partial charge in [0.1, 0.15) is 6.04 Å². The molecule has 2 aromatic carbocycles. The average Bonchev–Trinajstić information content (AvgIpc) is 3.25. The van der Waals surface area contributed by atoms with Gasteiger partial charge in [0.05, 0.1) is 17.2 Å². The topological polar surface area (TPSA) is 129 Å². The Morgan fingerprint density at radius 1 is 1.13 bits per heavy atom. The van der Waals surface area contributed by atoms with Crippen molar-refractivity contribution >= 4 is 45.4 Å². The van der Waals surface area contributed by atoms with Crippen LogP contribution in [0.3, 0.4) is 0 Å². The number of imide groups is 1. The molecule has 0 radical (unpaired) electrons. The van der Waals surface area contributed by atoms with Gasteiger partial charge in [-0.05, 0) is 29.2 Å². The fourth-order valence-corrected chi connectivity index (χ4v) is 4.03. The molecule has 1 fully saturated rings. The van der Waals surface area contributed by atoms with Gasteiger partial charge in [-0.25, -0.2) is 4.79 Å². The van der Waals surface area contributed by atoms with Gasteiger partial charge in [0.2, 0.25) is 11.8 Å². The molecule has 0 aliphatic carbocycles. The van der Waals surface area contributed by atoms with E-state index in [4.69, 9.17) is 0 Å². The Morgan fingerprint density at radius 3 is 2.71 bits per heavy atom. The van der Waals surface area contributed by atoms with Gasteiger partial charge in [-0.1, -0.05) is 36.4 Å². The van der Waals surface area contributed by atoms with E-state index in [-0.39, 0.29) is 18.9 Å². The van der Waals surface area contributed by atoms with E-state index in [1.165, 1.54) is 11.5 Å². The number of nitrogens with one attached hydrogen (secondary N) is 4. The van der Waals surface area contributed by atoms with E-state index in [2.05, 4.69) is 25.6 Å². The lowest BCUT2D eigenvalue weighted by Crippen LogP contribution is -2.58. The summed E-state index contributed by atoms with van der Waals surface area (Å²) in [5.74, 6) is -1.31. The molecule has 5 amide bonds. The normalized spacial score (nSPS) is 16.8. The first-order valence-corrected chi connectivity index (χ1v) is 10.4. The van der Waals surface area contributed by atoms with E-state index in [1.807, 2.05) is 36.4 Å². The van der Waals surface area contributed by atoms with Gasteiger partial charge in [0.25, 0.3) is 5.91 Å². The fourth-order valence-electron chi connectivity index (χ4n) is 3.36. The van der Waals surface area contributed by atoms with Crippen LogP contribution in [-0.2, 0) is 9.59 Å². The molecule has 1 aliphatic heterocycles. The van der Waals surface area contributed by atoms with E-state index in [9.17, 15) is 19.2 Å². The number of fused-ring (bicyclic) bond motifs is 1. The van der Waals surface area contributed by atoms with Crippen molar-refractivity contribution in [1.82, 2.24) is 25.6 Å². The lowest BCUT2D eigenvalue weighted by atomic mass is 10.0. The van der Waals surface area contributed by atoms with Gasteiger partial charge >= 0.3 is 6.03 Å². The van der Waals surface area contributed by atoms with Crippen molar-refractivity contribution in [1.29, 1.82) is 0 Å². The number of hydrogen-bond acceptors (Lipinski definition) is 6. The predicted octanol–water partition coefficient (Wildman–Crippen LogP) is 1.48. The molecule has 31 heavy (non-hydrogen) atoms. The van der Waals surface area contributed by atoms with Crippen LogP contribution in [0.4, 0.5) is 4.79 Å². The highest BCUT2D eigenvalue weighted by Crippen LogP contribution is 2.22. The van der Waals surface area contributed by atoms with E-state index in [0.29, 0.717) is 5.56 Å². The Morgan fingerprint density at radius 2 is 1.94 bits per heavy atom. The number of benzene rings is 2. The summed E-state index contributed by atoms with van der Waals surface area (Å²) >= 11 is 1.31. The van der Waals surface area contributed by atoms with Crippen molar-refractivity contribution in [3.8, 4) is 0 Å². The first-order valence-electron chi connectivity index (χ1n) is 9.58. The SMILES string of the molecule is O=C1C[C@@H](C(=O)NC(CNC(=O)c2cccc3sncc23)c2ccccc2)NC(=O)N1. The summed E-state index contributed by atoms with van der Waals surface area (Å²) in [6.07, 6.45) is 1.50. The Hall–Kier alpha value is -3.79. The second kappa shape index (κ2) is 8.92. The molecule has 10 heteroatoms. The number of amides is 5. The zero-order chi connectivity index (χ0) is 21.8. The highest BCUT2D eigenvalue weighted by molar-refractivity contribution is 7.13. The Labute approximate surface area is 181 Å². The van der Waals surface area contributed by atoms with Gasteiger partial charge in [0.15, 0.2) is 0 Å². The molecule has 1 saturated heterocycles. The minimum Gasteiger partial charge on any atom is -0.350 e. The smallest absolute Gasteiger partial charge is 0.322 e. The zero-order valence-corrected chi connectivity index (χ0v) is 17.1. The third-order valence-corrected chi connectivity index (χ3v) is 5.66. The number of carbonyl (C=O) groups is 4. The van der Waals surface area contributed by atoms with Gasteiger partial charge in [-0.15, -0.1) is 0 Å². The van der Waals surface area contributed by atoms with Crippen LogP contribution in [0.5, 0.6) is 0 Å². The standard InChI is InChI=1S/C21H19N5O4S/c27-18-9-15(25-21(30)26-18)20(29)24-16(12-5-2-1-3-6-12)11-22-19(28)13-7-4-8-17-14(13)10-23-31-17/h1-8,10,15-16H,9,11H2,(H,22,28)(H,24,29)(H2,25,26,27,30)/t15-,16?/m0/s1. The fraction of sp³-hybridized carbons (Fsp3) is 0.190. The van der Waals surface area contributed by atoms with Crippen molar-refractivity contribution in [2.45, 2.75) is 18.5 Å². The highest BCUT2D eigenvalue weighted by atomic mass is 32.1. The molecule has 158 valence electrons. The third-order valence-electron chi connectivity index (χ3n) is 4.89. The number of aromatic nitrogens is 1. The molecule has 2 atom stereocenters. The summed E-state index contributed by atoms with van der Waals surface area (Å²) in [5, 5.41) is 11.0. The maximum atomic E-state index is 12.8. The quantitative estimate of drug-likeness (QED) is 0.464. The summed E-state index contributed by atoms with van der Waals surface area (Å²) in [6, 6.07) is 12.3. The van der Waals surface area contributed by atoms with Gasteiger partial charge < -0.3 is 16.0 Å². The minimum absolute atomic E-state index is 0.120. The van der Waals surface area contributed by atoms with Gasteiger partial charge in [-0.3, -0.25) is 19.7 Å². The summed E-state index contributed by atoms with van der Waals surface area (Å²) in [7, 11) is 0. The van der Waals surface area contributed by atoms with Crippen molar-refractivity contribution < 1.29 is 19.2 Å². The number of rotatable bonds is 6. The summed E-state index contributed by atoms with van der Waals surface area (Å²) in [6.45, 7) is 0.120. The Balaban J connectivity index is 1.49. The maximum Gasteiger partial charge on any atom is 0.322 e. The van der Waals surface area contributed by atoms with Crippen LogP contribution in [0.15, 0.2) is 54.7 Å². The van der Waals surface area contributed by atoms with E-state index < -0.39 is 29.9 Å². The number of urea groups is 1. The largest absolute Gasteiger partial charge is 0.350 e. The molecule has 0 spiro atoms. The highest BCUT2D eigenvalue weighted by Gasteiger charge is 2.31. The predicted molar refractivity (Wildman–Crippen MR) is 114 cm³/mol. The molecule has 2 heterocycles. The molecule has 0 saturated carbocycles. The zero-order valence-electron chi connectivity index (χ0n) is 16.3. The van der Waals surface area contributed by atoms with Crippen molar-refractivity contribution in [2.75, 3.05) is 6.54 Å². The first-order chi connectivity index (χ1) is 15.0. The minimum atomic E-state index is -0.978. The lowest BCUT2D eigenvalue weighted by Gasteiger charge is -2.26. The second-order valence-corrected chi connectivity index (χ2v) is 7.84. The number of carbonyl (C=O) groups excluding carboxylic acids is 4. The maximum absolute atomic E-state index is 12.8.